The van der Waals surface area contributed by atoms with Crippen molar-refractivity contribution >= 4 is 28.6 Å². The maximum Gasteiger partial charge on any atom is 0.330 e. The molecule has 0 saturated heterocycles. The topological polar surface area (TPSA) is 47.4 Å². The SMILES string of the molecule is COC(=O)C=Cc1nn(Cc2ccc(F)cc2F)c2cc(N(C)C)ccc12. The van der Waals surface area contributed by atoms with Crippen LogP contribution < -0.4 is 4.90 Å². The van der Waals surface area contributed by atoms with Gasteiger partial charge in [0.05, 0.1) is 24.9 Å². The highest BCUT2D eigenvalue weighted by Gasteiger charge is 2.13. The van der Waals surface area contributed by atoms with E-state index in [9.17, 15) is 13.6 Å². The van der Waals surface area contributed by atoms with Crippen LogP contribution in [0.2, 0.25) is 0 Å². The van der Waals surface area contributed by atoms with E-state index in [1.165, 1.54) is 25.3 Å². The number of hydrogen-bond acceptors (Lipinski definition) is 4. The molecule has 0 aliphatic rings. The predicted molar refractivity (Wildman–Crippen MR) is 101 cm³/mol. The maximum absolute atomic E-state index is 14.1. The number of halogens is 2. The summed E-state index contributed by atoms with van der Waals surface area (Å²) in [5, 5.41) is 5.31. The molecule has 0 aliphatic heterocycles. The predicted octanol–water partition coefficient (Wildman–Crippen LogP) is 3.62. The summed E-state index contributed by atoms with van der Waals surface area (Å²) in [6.07, 6.45) is 2.84. The molecule has 0 fully saturated rings. The lowest BCUT2D eigenvalue weighted by atomic mass is 10.1. The third kappa shape index (κ3) is 3.97. The monoisotopic (exact) mass is 371 g/mol. The van der Waals surface area contributed by atoms with Crippen LogP contribution in [0.25, 0.3) is 17.0 Å². The molecule has 0 spiro atoms. The van der Waals surface area contributed by atoms with Crippen molar-refractivity contribution in [3.63, 3.8) is 0 Å². The third-order valence-corrected chi connectivity index (χ3v) is 4.19. The lowest BCUT2D eigenvalue weighted by Crippen LogP contribution is -2.09. The number of rotatable bonds is 5. The second-order valence-electron chi connectivity index (χ2n) is 6.23. The minimum atomic E-state index is -0.630. The Hall–Kier alpha value is -3.22. The van der Waals surface area contributed by atoms with Crippen LogP contribution in [-0.2, 0) is 16.1 Å². The van der Waals surface area contributed by atoms with Crippen molar-refractivity contribution in [2.24, 2.45) is 0 Å². The number of ether oxygens (including phenoxy) is 1. The highest BCUT2D eigenvalue weighted by molar-refractivity contribution is 5.94. The summed E-state index contributed by atoms with van der Waals surface area (Å²) in [5.41, 5.74) is 2.60. The second-order valence-corrected chi connectivity index (χ2v) is 6.23. The number of hydrogen-bond donors (Lipinski definition) is 0. The zero-order valence-electron chi connectivity index (χ0n) is 15.2. The van der Waals surface area contributed by atoms with E-state index in [2.05, 4.69) is 9.84 Å². The number of fused-ring (bicyclic) bond motifs is 1. The maximum atomic E-state index is 14.1. The van der Waals surface area contributed by atoms with Crippen LogP contribution in [0.4, 0.5) is 14.5 Å². The van der Waals surface area contributed by atoms with Crippen molar-refractivity contribution in [1.82, 2.24) is 9.78 Å². The molecule has 1 aromatic heterocycles. The highest BCUT2D eigenvalue weighted by atomic mass is 19.1. The summed E-state index contributed by atoms with van der Waals surface area (Å²) in [6.45, 7) is 0.131. The van der Waals surface area contributed by atoms with Crippen LogP contribution in [0.15, 0.2) is 42.5 Å². The van der Waals surface area contributed by atoms with Gasteiger partial charge in [-0.1, -0.05) is 6.07 Å². The van der Waals surface area contributed by atoms with Crippen LogP contribution in [0.5, 0.6) is 0 Å². The largest absolute Gasteiger partial charge is 0.466 e. The van der Waals surface area contributed by atoms with E-state index >= 15 is 0 Å². The smallest absolute Gasteiger partial charge is 0.330 e. The second kappa shape index (κ2) is 7.57. The molecule has 0 saturated carbocycles. The van der Waals surface area contributed by atoms with Crippen LogP contribution in [-0.4, -0.2) is 37.0 Å². The summed E-state index contributed by atoms with van der Waals surface area (Å²) in [6, 6.07) is 9.23. The Bertz CT molecular complexity index is 1030. The van der Waals surface area contributed by atoms with E-state index in [-0.39, 0.29) is 6.54 Å². The zero-order valence-corrected chi connectivity index (χ0v) is 15.2. The molecule has 0 radical (unpaired) electrons. The van der Waals surface area contributed by atoms with Gasteiger partial charge in [-0.15, -0.1) is 0 Å². The zero-order chi connectivity index (χ0) is 19.6. The summed E-state index contributed by atoms with van der Waals surface area (Å²) < 4.78 is 33.5. The van der Waals surface area contributed by atoms with E-state index in [1.807, 2.05) is 37.2 Å². The minimum absolute atomic E-state index is 0.131. The van der Waals surface area contributed by atoms with Crippen molar-refractivity contribution < 1.29 is 18.3 Å². The van der Waals surface area contributed by atoms with E-state index in [0.29, 0.717) is 11.3 Å². The van der Waals surface area contributed by atoms with Crippen molar-refractivity contribution in [2.45, 2.75) is 6.54 Å². The fourth-order valence-corrected chi connectivity index (χ4v) is 2.74. The van der Waals surface area contributed by atoms with Crippen molar-refractivity contribution in [3.8, 4) is 0 Å². The van der Waals surface area contributed by atoms with Crippen LogP contribution >= 0.6 is 0 Å². The molecular weight excluding hydrogens is 352 g/mol. The van der Waals surface area contributed by atoms with E-state index in [0.717, 1.165) is 22.7 Å². The molecule has 0 amide bonds. The molecule has 7 heteroatoms. The van der Waals surface area contributed by atoms with Gasteiger partial charge in [0.2, 0.25) is 0 Å². The fraction of sp³-hybridized carbons (Fsp3) is 0.200. The van der Waals surface area contributed by atoms with Gasteiger partial charge in [-0.2, -0.15) is 5.10 Å². The standard InChI is InChI=1S/C20H19F2N3O2/c1-24(2)15-6-7-16-18(8-9-20(26)27-3)23-25(19(16)11-15)12-13-4-5-14(21)10-17(13)22/h4-11H,12H2,1-3H3. The van der Waals surface area contributed by atoms with Gasteiger partial charge in [-0.25, -0.2) is 13.6 Å². The van der Waals surface area contributed by atoms with E-state index in [4.69, 9.17) is 0 Å². The molecule has 0 N–H and O–H groups in total. The minimum Gasteiger partial charge on any atom is -0.466 e. The molecule has 1 heterocycles. The van der Waals surface area contributed by atoms with Crippen molar-refractivity contribution in [1.29, 1.82) is 0 Å². The molecule has 0 unspecified atom stereocenters. The Kier molecular flexibility index (Phi) is 5.21. The molecule has 2 aromatic carbocycles. The van der Waals surface area contributed by atoms with Gasteiger partial charge < -0.3 is 9.64 Å². The lowest BCUT2D eigenvalue weighted by molar-refractivity contribution is -0.134. The molecule has 3 rings (SSSR count). The third-order valence-electron chi connectivity index (χ3n) is 4.19. The van der Waals surface area contributed by atoms with Crippen LogP contribution in [0, 0.1) is 11.6 Å². The van der Waals surface area contributed by atoms with Gasteiger partial charge in [-0.3, -0.25) is 4.68 Å². The Labute approximate surface area is 155 Å². The number of benzene rings is 2. The van der Waals surface area contributed by atoms with E-state index in [1.54, 1.807) is 10.8 Å². The molecule has 0 aliphatic carbocycles. The first-order valence-corrected chi connectivity index (χ1v) is 8.27. The van der Waals surface area contributed by atoms with E-state index < -0.39 is 17.6 Å². The van der Waals surface area contributed by atoms with Gasteiger partial charge in [0, 0.05) is 42.9 Å². The first-order valence-electron chi connectivity index (χ1n) is 8.27. The van der Waals surface area contributed by atoms with Gasteiger partial charge in [0.15, 0.2) is 0 Å². The van der Waals surface area contributed by atoms with Gasteiger partial charge in [-0.05, 0) is 30.3 Å². The average molecular weight is 371 g/mol. The van der Waals surface area contributed by atoms with Crippen molar-refractivity contribution in [3.05, 3.63) is 65.4 Å². The van der Waals surface area contributed by atoms with Crippen molar-refractivity contribution in [2.75, 3.05) is 26.1 Å². The summed E-state index contributed by atoms with van der Waals surface area (Å²) in [4.78, 5) is 13.3. The molecule has 0 bridgehead atoms. The van der Waals surface area contributed by atoms with Gasteiger partial charge >= 0.3 is 5.97 Å². The quantitative estimate of drug-likeness (QED) is 0.508. The highest BCUT2D eigenvalue weighted by Crippen LogP contribution is 2.26. The number of carbonyl (C=O) groups excluding carboxylic acids is 1. The Morgan fingerprint density at radius 2 is 2.00 bits per heavy atom. The normalized spacial score (nSPS) is 11.3. The number of anilines is 1. The summed E-state index contributed by atoms with van der Waals surface area (Å²) in [5.74, 6) is -1.75. The Morgan fingerprint density at radius 3 is 2.67 bits per heavy atom. The number of methoxy groups -OCH3 is 1. The molecule has 27 heavy (non-hydrogen) atoms. The Balaban J connectivity index is 2.10. The number of esters is 1. The number of carbonyl (C=O) groups is 1. The van der Waals surface area contributed by atoms with Gasteiger partial charge in [0.1, 0.15) is 11.6 Å². The molecule has 3 aromatic rings. The van der Waals surface area contributed by atoms with Crippen LogP contribution in [0.1, 0.15) is 11.3 Å². The first kappa shape index (κ1) is 18.6. The fourth-order valence-electron chi connectivity index (χ4n) is 2.74. The molecule has 140 valence electrons. The number of aromatic nitrogens is 2. The average Bonchev–Trinajstić information content (AvgIpc) is 2.99. The lowest BCUT2D eigenvalue weighted by Gasteiger charge is -2.13. The molecular formula is C20H19F2N3O2. The molecule has 0 atom stereocenters. The van der Waals surface area contributed by atoms with Crippen LogP contribution in [0.3, 0.4) is 0 Å². The van der Waals surface area contributed by atoms with Gasteiger partial charge in [0.25, 0.3) is 0 Å². The summed E-state index contributed by atoms with van der Waals surface area (Å²) >= 11 is 0. The molecule has 5 nitrogen and oxygen atoms in total. The first-order chi connectivity index (χ1) is 12.9. The number of nitrogens with zero attached hydrogens (tertiary/aromatic N) is 3. The Morgan fingerprint density at radius 1 is 1.22 bits per heavy atom. The summed E-state index contributed by atoms with van der Waals surface area (Å²) in [7, 11) is 5.13.